The van der Waals surface area contributed by atoms with E-state index in [0.717, 1.165) is 0 Å². The molecule has 1 aliphatic heterocycles. The molecule has 0 aromatic rings. The van der Waals surface area contributed by atoms with Crippen molar-refractivity contribution in [3.63, 3.8) is 0 Å². The molecule has 0 aromatic carbocycles. The first-order valence-electron chi connectivity index (χ1n) is 4.62. The van der Waals surface area contributed by atoms with Crippen LogP contribution in [0.1, 0.15) is 6.42 Å². The minimum atomic E-state index is -4.28. The molecule has 0 aromatic heterocycles. The van der Waals surface area contributed by atoms with Crippen molar-refractivity contribution in [2.45, 2.75) is 18.6 Å². The fourth-order valence-corrected chi connectivity index (χ4v) is 1.24. The van der Waals surface area contributed by atoms with E-state index in [1.165, 1.54) is 0 Å². The maximum Gasteiger partial charge on any atom is 0.401 e. The van der Waals surface area contributed by atoms with Gasteiger partial charge in [-0.15, -0.1) is 0 Å². The fourth-order valence-electron chi connectivity index (χ4n) is 1.24. The average molecular weight is 226 g/mol. The van der Waals surface area contributed by atoms with Gasteiger partial charge in [0.1, 0.15) is 0 Å². The van der Waals surface area contributed by atoms with Crippen molar-refractivity contribution in [2.24, 2.45) is 0 Å². The van der Waals surface area contributed by atoms with Gasteiger partial charge >= 0.3 is 6.18 Å². The van der Waals surface area contributed by atoms with E-state index in [1.807, 2.05) is 5.32 Å². The number of hydrogen-bond donors (Lipinski definition) is 2. The number of carbonyl (C=O) groups excluding carboxylic acids is 1. The lowest BCUT2D eigenvalue weighted by Gasteiger charge is -2.11. The molecule has 7 heteroatoms. The first-order valence-corrected chi connectivity index (χ1v) is 4.62. The van der Waals surface area contributed by atoms with Gasteiger partial charge in [0, 0.05) is 6.61 Å². The third-order valence-electron chi connectivity index (χ3n) is 1.91. The molecule has 1 aliphatic rings. The lowest BCUT2D eigenvalue weighted by atomic mass is 10.2. The first-order chi connectivity index (χ1) is 6.97. The van der Waals surface area contributed by atoms with Crippen LogP contribution in [-0.2, 0) is 9.53 Å². The molecule has 0 aliphatic carbocycles. The number of nitrogens with one attached hydrogen (secondary N) is 2. The molecule has 0 spiro atoms. The van der Waals surface area contributed by atoms with Crippen LogP contribution in [0, 0.1) is 0 Å². The normalized spacial score (nSPS) is 21.7. The Balaban J connectivity index is 2.08. The molecular weight excluding hydrogens is 213 g/mol. The van der Waals surface area contributed by atoms with Crippen molar-refractivity contribution in [3.8, 4) is 0 Å². The zero-order valence-electron chi connectivity index (χ0n) is 8.06. The summed E-state index contributed by atoms with van der Waals surface area (Å²) in [4.78, 5) is 11.1. The number of amides is 1. The van der Waals surface area contributed by atoms with Crippen LogP contribution < -0.4 is 10.6 Å². The second-order valence-electron chi connectivity index (χ2n) is 3.35. The molecular formula is C8H13F3N2O2. The quantitative estimate of drug-likeness (QED) is 0.711. The van der Waals surface area contributed by atoms with E-state index in [4.69, 9.17) is 4.74 Å². The molecule has 0 radical (unpaired) electrons. The molecule has 1 saturated heterocycles. The molecule has 1 atom stereocenters. The molecule has 0 saturated carbocycles. The summed E-state index contributed by atoms with van der Waals surface area (Å²) < 4.78 is 40.1. The molecule has 1 amide bonds. The van der Waals surface area contributed by atoms with Crippen LogP contribution in [-0.4, -0.2) is 44.4 Å². The predicted octanol–water partition coefficient (Wildman–Crippen LogP) is 0.0434. The Morgan fingerprint density at radius 1 is 1.47 bits per heavy atom. The number of ether oxygens (including phenoxy) is 1. The molecule has 1 rings (SSSR count). The molecule has 15 heavy (non-hydrogen) atoms. The lowest BCUT2D eigenvalue weighted by molar-refractivity contribution is -0.128. The maximum atomic E-state index is 11.7. The Hall–Kier alpha value is -0.820. The topological polar surface area (TPSA) is 50.4 Å². The fraction of sp³-hybridized carbons (Fsp3) is 0.875. The van der Waals surface area contributed by atoms with E-state index in [1.54, 1.807) is 0 Å². The van der Waals surface area contributed by atoms with Gasteiger partial charge in [0.2, 0.25) is 5.91 Å². The van der Waals surface area contributed by atoms with Crippen molar-refractivity contribution in [3.05, 3.63) is 0 Å². The molecule has 2 N–H and O–H groups in total. The van der Waals surface area contributed by atoms with Gasteiger partial charge in [-0.25, -0.2) is 0 Å². The number of hydrogen-bond acceptors (Lipinski definition) is 3. The van der Waals surface area contributed by atoms with Crippen molar-refractivity contribution < 1.29 is 22.7 Å². The van der Waals surface area contributed by atoms with E-state index in [0.29, 0.717) is 19.6 Å². The summed E-state index contributed by atoms with van der Waals surface area (Å²) >= 11 is 0. The molecule has 4 nitrogen and oxygen atoms in total. The number of alkyl halides is 3. The highest BCUT2D eigenvalue weighted by molar-refractivity contribution is 5.78. The largest absolute Gasteiger partial charge is 0.401 e. The van der Waals surface area contributed by atoms with Crippen molar-refractivity contribution in [1.82, 2.24) is 10.6 Å². The van der Waals surface area contributed by atoms with E-state index in [2.05, 4.69) is 5.32 Å². The number of carbonyl (C=O) groups is 1. The summed E-state index contributed by atoms with van der Waals surface area (Å²) in [5, 5.41) is 4.59. The Morgan fingerprint density at radius 3 is 2.73 bits per heavy atom. The summed E-state index contributed by atoms with van der Waals surface area (Å²) in [5.74, 6) is -0.435. The monoisotopic (exact) mass is 226 g/mol. The Morgan fingerprint density at radius 2 is 2.20 bits per heavy atom. The zero-order valence-corrected chi connectivity index (χ0v) is 8.06. The summed E-state index contributed by atoms with van der Waals surface area (Å²) in [5.41, 5.74) is 0. The molecule has 1 fully saturated rings. The van der Waals surface area contributed by atoms with Gasteiger partial charge < -0.3 is 15.4 Å². The molecule has 0 bridgehead atoms. The van der Waals surface area contributed by atoms with Crippen molar-refractivity contribution in [1.29, 1.82) is 0 Å². The predicted molar refractivity (Wildman–Crippen MR) is 46.3 cm³/mol. The standard InChI is InChI=1S/C8H13F3N2O2/c9-8(10,11)5-12-3-7(14)13-6-1-2-15-4-6/h6,12H,1-5H2,(H,13,14). The Kier molecular flexibility index (Phi) is 4.34. The Labute approximate surface area is 85.2 Å². The van der Waals surface area contributed by atoms with Gasteiger partial charge in [0.05, 0.1) is 25.7 Å². The smallest absolute Gasteiger partial charge is 0.379 e. The highest BCUT2D eigenvalue weighted by atomic mass is 19.4. The van der Waals surface area contributed by atoms with Crippen molar-refractivity contribution >= 4 is 5.91 Å². The van der Waals surface area contributed by atoms with Crippen molar-refractivity contribution in [2.75, 3.05) is 26.3 Å². The van der Waals surface area contributed by atoms with Gasteiger partial charge in [-0.1, -0.05) is 0 Å². The minimum Gasteiger partial charge on any atom is -0.379 e. The van der Waals surface area contributed by atoms with Gasteiger partial charge in [-0.2, -0.15) is 13.2 Å². The average Bonchev–Trinajstić information content (AvgIpc) is 2.54. The van der Waals surface area contributed by atoms with Gasteiger partial charge in [-0.05, 0) is 6.42 Å². The minimum absolute atomic E-state index is 0.0646. The van der Waals surface area contributed by atoms with Crippen LogP contribution in [0.25, 0.3) is 0 Å². The highest BCUT2D eigenvalue weighted by Gasteiger charge is 2.26. The third-order valence-corrected chi connectivity index (χ3v) is 1.91. The van der Waals surface area contributed by atoms with Crippen LogP contribution in [0.15, 0.2) is 0 Å². The summed E-state index contributed by atoms with van der Waals surface area (Å²) in [6.45, 7) is -0.455. The van der Waals surface area contributed by atoms with Gasteiger partial charge in [0.15, 0.2) is 0 Å². The second kappa shape index (κ2) is 5.32. The van der Waals surface area contributed by atoms with Crippen LogP contribution in [0.4, 0.5) is 13.2 Å². The molecule has 88 valence electrons. The van der Waals surface area contributed by atoms with Crippen LogP contribution >= 0.6 is 0 Å². The number of rotatable bonds is 4. The third kappa shape index (κ3) is 5.58. The summed E-state index contributed by atoms with van der Waals surface area (Å²) in [7, 11) is 0. The van der Waals surface area contributed by atoms with E-state index in [-0.39, 0.29) is 12.6 Å². The van der Waals surface area contributed by atoms with E-state index < -0.39 is 18.6 Å². The Bertz CT molecular complexity index is 214. The summed E-state index contributed by atoms with van der Waals surface area (Å²) in [6.07, 6.45) is -3.57. The van der Waals surface area contributed by atoms with E-state index >= 15 is 0 Å². The number of halogens is 3. The zero-order chi connectivity index (χ0) is 11.3. The lowest BCUT2D eigenvalue weighted by Crippen LogP contribution is -2.42. The SMILES string of the molecule is O=C(CNCC(F)(F)F)NC1CCOC1. The highest BCUT2D eigenvalue weighted by Crippen LogP contribution is 2.11. The second-order valence-corrected chi connectivity index (χ2v) is 3.35. The van der Waals surface area contributed by atoms with Crippen LogP contribution in [0.3, 0.4) is 0 Å². The molecule has 1 unspecified atom stereocenters. The van der Waals surface area contributed by atoms with Crippen LogP contribution in [0.5, 0.6) is 0 Å². The first kappa shape index (κ1) is 12.3. The maximum absolute atomic E-state index is 11.7. The van der Waals surface area contributed by atoms with Gasteiger partial charge in [-0.3, -0.25) is 4.79 Å². The van der Waals surface area contributed by atoms with E-state index in [9.17, 15) is 18.0 Å². The molecule has 1 heterocycles. The summed E-state index contributed by atoms with van der Waals surface area (Å²) in [6, 6.07) is -0.0646. The van der Waals surface area contributed by atoms with Crippen LogP contribution in [0.2, 0.25) is 0 Å². The van der Waals surface area contributed by atoms with Gasteiger partial charge in [0.25, 0.3) is 0 Å².